The van der Waals surface area contributed by atoms with E-state index in [0.29, 0.717) is 0 Å². The molecule has 0 fully saturated rings. The Kier molecular flexibility index (Phi) is 5.03. The van der Waals surface area contributed by atoms with Crippen LogP contribution >= 0.6 is 0 Å². The molecule has 2 rings (SSSR count). The zero-order valence-electron chi connectivity index (χ0n) is 8.35. The smallest absolute Gasteiger partial charge is 0.113 e. The average molecular weight is 209 g/mol. The molecule has 5 heteroatoms. The van der Waals surface area contributed by atoms with Crippen LogP contribution in [-0.2, 0) is 11.5 Å². The molecule has 0 spiro atoms. The van der Waals surface area contributed by atoms with E-state index in [-0.39, 0.29) is 6.61 Å². The number of aromatic nitrogens is 3. The van der Waals surface area contributed by atoms with Crippen LogP contribution in [0.4, 0.5) is 4.53 Å². The third-order valence-electron chi connectivity index (χ3n) is 1.60. The summed E-state index contributed by atoms with van der Waals surface area (Å²) in [4.78, 5) is 3.43. The minimum absolute atomic E-state index is 0.0425. The fourth-order valence-corrected chi connectivity index (χ4v) is 0.896. The first-order valence-electron chi connectivity index (χ1n) is 4.42. The second kappa shape index (κ2) is 6.67. The molecule has 1 N–H and O–H groups in total. The maximum absolute atomic E-state index is 11.2. The number of aromatic amines is 1. The Labute approximate surface area is 87.0 Å². The highest BCUT2D eigenvalue weighted by atomic mass is 19.3. The van der Waals surface area contributed by atoms with E-state index in [0.717, 1.165) is 11.3 Å². The molecule has 0 atom stereocenters. The van der Waals surface area contributed by atoms with Crippen molar-refractivity contribution in [1.29, 1.82) is 0 Å². The molecule has 0 aliphatic rings. The molecule has 0 aliphatic heterocycles. The molecule has 1 heterocycles. The van der Waals surface area contributed by atoms with Crippen molar-refractivity contribution in [2.24, 2.45) is 0 Å². The number of benzene rings is 1. The van der Waals surface area contributed by atoms with E-state index in [2.05, 4.69) is 20.4 Å². The normalized spacial score (nSPS) is 9.20. The van der Waals surface area contributed by atoms with Gasteiger partial charge in [-0.25, -0.2) is 0 Å². The first kappa shape index (κ1) is 11.3. The molecule has 0 bridgehead atoms. The van der Waals surface area contributed by atoms with Crippen molar-refractivity contribution in [1.82, 2.24) is 15.4 Å². The Bertz CT molecular complexity index is 350. The summed E-state index contributed by atoms with van der Waals surface area (Å²) in [7, 11) is 0. The van der Waals surface area contributed by atoms with Crippen LogP contribution in [0.15, 0.2) is 36.5 Å². The van der Waals surface area contributed by atoms with Gasteiger partial charge in [0, 0.05) is 0 Å². The predicted octanol–water partition coefficient (Wildman–Crippen LogP) is 2.20. The molecule has 0 saturated heterocycles. The summed E-state index contributed by atoms with van der Waals surface area (Å²) < 4.78 is 11.2. The second-order valence-corrected chi connectivity index (χ2v) is 2.85. The van der Waals surface area contributed by atoms with Crippen LogP contribution in [0.3, 0.4) is 0 Å². The summed E-state index contributed by atoms with van der Waals surface area (Å²) in [6.07, 6.45) is 1.67. The molecule has 1 aromatic carbocycles. The van der Waals surface area contributed by atoms with Crippen molar-refractivity contribution >= 4 is 0 Å². The topological polar surface area (TPSA) is 50.8 Å². The van der Waals surface area contributed by atoms with Gasteiger partial charge in [-0.15, -0.1) is 0 Å². The lowest BCUT2D eigenvalue weighted by Gasteiger charge is -1.91. The SMILES string of the molecule is Cc1cn[nH]n1.FOCc1ccccc1. The highest BCUT2D eigenvalue weighted by Gasteiger charge is 1.87. The molecule has 1 aromatic heterocycles. The van der Waals surface area contributed by atoms with Gasteiger partial charge in [-0.1, -0.05) is 30.3 Å². The van der Waals surface area contributed by atoms with Crippen molar-refractivity contribution in [3.05, 3.63) is 47.8 Å². The van der Waals surface area contributed by atoms with Crippen molar-refractivity contribution in [3.8, 4) is 0 Å². The molecule has 2 aromatic rings. The number of nitrogens with one attached hydrogen (secondary N) is 1. The number of hydrogen-bond donors (Lipinski definition) is 1. The van der Waals surface area contributed by atoms with E-state index in [4.69, 9.17) is 0 Å². The van der Waals surface area contributed by atoms with Crippen LogP contribution in [0.2, 0.25) is 0 Å². The number of H-pyrrole nitrogens is 1. The van der Waals surface area contributed by atoms with Gasteiger partial charge in [0.15, 0.2) is 0 Å². The zero-order chi connectivity index (χ0) is 10.9. The third-order valence-corrected chi connectivity index (χ3v) is 1.60. The molecule has 0 amide bonds. The predicted molar refractivity (Wildman–Crippen MR) is 53.5 cm³/mol. The van der Waals surface area contributed by atoms with Gasteiger partial charge < -0.3 is 0 Å². The van der Waals surface area contributed by atoms with E-state index in [1.54, 1.807) is 18.3 Å². The van der Waals surface area contributed by atoms with Gasteiger partial charge in [0.25, 0.3) is 0 Å². The van der Waals surface area contributed by atoms with Crippen LogP contribution in [0.1, 0.15) is 11.3 Å². The van der Waals surface area contributed by atoms with E-state index < -0.39 is 0 Å². The van der Waals surface area contributed by atoms with Crippen LogP contribution < -0.4 is 0 Å². The lowest BCUT2D eigenvalue weighted by atomic mass is 10.2. The number of hydrogen-bond acceptors (Lipinski definition) is 3. The van der Waals surface area contributed by atoms with Gasteiger partial charge in [-0.2, -0.15) is 20.4 Å². The molecule has 0 unspecified atom stereocenters. The van der Waals surface area contributed by atoms with Gasteiger partial charge >= 0.3 is 0 Å². The molecule has 4 nitrogen and oxygen atoms in total. The first-order valence-corrected chi connectivity index (χ1v) is 4.42. The van der Waals surface area contributed by atoms with Crippen molar-refractivity contribution < 1.29 is 9.47 Å². The van der Waals surface area contributed by atoms with Crippen LogP contribution in [0, 0.1) is 6.92 Å². The quantitative estimate of drug-likeness (QED) is 0.824. The molecule has 0 saturated carbocycles. The van der Waals surface area contributed by atoms with Gasteiger partial charge in [0.05, 0.1) is 11.9 Å². The summed E-state index contributed by atoms with van der Waals surface area (Å²) >= 11 is 0. The zero-order valence-corrected chi connectivity index (χ0v) is 8.35. The largest absolute Gasteiger partial charge is 0.198 e. The molecular formula is C10H12FN3O. The minimum Gasteiger partial charge on any atom is -0.198 e. The van der Waals surface area contributed by atoms with Crippen LogP contribution in [0.25, 0.3) is 0 Å². The lowest BCUT2D eigenvalue weighted by Crippen LogP contribution is -1.81. The fraction of sp³-hybridized carbons (Fsp3) is 0.200. The standard InChI is InChI=1S/C7H7FO.C3H5N3/c8-9-6-7-4-2-1-3-5-7;1-3-2-4-6-5-3/h1-5H,6H2;2H,1H3,(H,4,5,6). The minimum atomic E-state index is 0.0425. The Balaban J connectivity index is 0.000000162. The van der Waals surface area contributed by atoms with E-state index in [1.807, 2.05) is 25.1 Å². The molecular weight excluding hydrogens is 197 g/mol. The highest BCUT2D eigenvalue weighted by molar-refractivity contribution is 5.13. The third kappa shape index (κ3) is 4.87. The van der Waals surface area contributed by atoms with Gasteiger partial charge in [-0.3, -0.25) is 0 Å². The summed E-state index contributed by atoms with van der Waals surface area (Å²) in [6.45, 7) is 1.92. The van der Waals surface area contributed by atoms with Crippen molar-refractivity contribution in [2.75, 3.05) is 0 Å². The monoisotopic (exact) mass is 209 g/mol. The van der Waals surface area contributed by atoms with E-state index in [9.17, 15) is 4.53 Å². The highest BCUT2D eigenvalue weighted by Crippen LogP contribution is 1.99. The van der Waals surface area contributed by atoms with E-state index >= 15 is 0 Å². The summed E-state index contributed by atoms with van der Waals surface area (Å²) in [5.74, 6) is 0. The van der Waals surface area contributed by atoms with E-state index in [1.165, 1.54) is 0 Å². The number of aryl methyl sites for hydroxylation is 1. The number of rotatable bonds is 2. The Morgan fingerprint density at radius 2 is 2.07 bits per heavy atom. The van der Waals surface area contributed by atoms with Gasteiger partial charge in [-0.05, 0) is 17.0 Å². The first-order chi connectivity index (χ1) is 7.33. The fourth-order valence-electron chi connectivity index (χ4n) is 0.896. The maximum Gasteiger partial charge on any atom is 0.113 e. The summed E-state index contributed by atoms with van der Waals surface area (Å²) in [5.41, 5.74) is 1.77. The average Bonchev–Trinajstić information content (AvgIpc) is 2.72. The van der Waals surface area contributed by atoms with Crippen LogP contribution in [-0.4, -0.2) is 15.4 Å². The molecule has 80 valence electrons. The van der Waals surface area contributed by atoms with Crippen molar-refractivity contribution in [2.45, 2.75) is 13.5 Å². The van der Waals surface area contributed by atoms with Gasteiger partial charge in [0.1, 0.15) is 6.61 Å². The van der Waals surface area contributed by atoms with Crippen molar-refractivity contribution in [3.63, 3.8) is 0 Å². The summed E-state index contributed by atoms with van der Waals surface area (Å²) in [6, 6.07) is 9.17. The molecule has 15 heavy (non-hydrogen) atoms. The van der Waals surface area contributed by atoms with Gasteiger partial charge in [0.2, 0.25) is 0 Å². The second-order valence-electron chi connectivity index (χ2n) is 2.85. The molecule has 0 radical (unpaired) electrons. The molecule has 0 aliphatic carbocycles. The Hall–Kier alpha value is -1.75. The Morgan fingerprint density at radius 1 is 1.33 bits per heavy atom. The number of nitrogens with zero attached hydrogens (tertiary/aromatic N) is 2. The number of halogens is 1. The summed E-state index contributed by atoms with van der Waals surface area (Å²) in [5, 5.41) is 9.70. The lowest BCUT2D eigenvalue weighted by molar-refractivity contribution is -0.144. The maximum atomic E-state index is 11.2. The van der Waals surface area contributed by atoms with Crippen LogP contribution in [0.5, 0.6) is 0 Å². The Morgan fingerprint density at radius 3 is 2.47 bits per heavy atom.